The maximum absolute atomic E-state index is 13.3. The first-order chi connectivity index (χ1) is 12.7. The standard InChI is InChI=1S/C18H24F2N4O3/c1-11(2)16(21)17(26)22-10-15(25)23-5-7-24(8-6-23)18(27)12-3-4-13(19)14(20)9-12/h3-4,9,11,16H,5-8,10,21H2,1-2H3,(H,22,26)/t16-/m0/s1. The molecule has 2 rings (SSSR count). The molecule has 1 fully saturated rings. The molecule has 0 bridgehead atoms. The van der Waals surface area contributed by atoms with Gasteiger partial charge in [0.15, 0.2) is 11.6 Å². The average Bonchev–Trinajstić information content (AvgIpc) is 2.66. The predicted octanol–water partition coefficient (Wildman–Crippen LogP) is 0.349. The minimum Gasteiger partial charge on any atom is -0.346 e. The Morgan fingerprint density at radius 1 is 1.07 bits per heavy atom. The van der Waals surface area contributed by atoms with Crippen LogP contribution in [0.4, 0.5) is 8.78 Å². The summed E-state index contributed by atoms with van der Waals surface area (Å²) in [6.07, 6.45) is 0. The zero-order valence-corrected chi connectivity index (χ0v) is 15.4. The molecule has 3 amide bonds. The minimum absolute atomic E-state index is 0.0362. The van der Waals surface area contributed by atoms with Crippen molar-refractivity contribution in [1.29, 1.82) is 0 Å². The molecule has 0 spiro atoms. The highest BCUT2D eigenvalue weighted by atomic mass is 19.2. The van der Waals surface area contributed by atoms with Crippen molar-refractivity contribution in [2.24, 2.45) is 11.7 Å². The number of amides is 3. The molecule has 148 valence electrons. The molecule has 1 aliphatic heterocycles. The van der Waals surface area contributed by atoms with Gasteiger partial charge in [0.2, 0.25) is 11.8 Å². The number of nitrogens with zero attached hydrogens (tertiary/aromatic N) is 2. The number of carbonyl (C=O) groups is 3. The van der Waals surface area contributed by atoms with Gasteiger partial charge in [0.1, 0.15) is 0 Å². The molecule has 3 N–H and O–H groups in total. The van der Waals surface area contributed by atoms with Crippen molar-refractivity contribution < 1.29 is 23.2 Å². The first-order valence-electron chi connectivity index (χ1n) is 8.76. The number of nitrogens with two attached hydrogens (primary N) is 1. The van der Waals surface area contributed by atoms with E-state index in [9.17, 15) is 23.2 Å². The Balaban J connectivity index is 1.83. The molecule has 7 nitrogen and oxygen atoms in total. The van der Waals surface area contributed by atoms with Crippen LogP contribution in [0.25, 0.3) is 0 Å². The van der Waals surface area contributed by atoms with Crippen LogP contribution in [0.3, 0.4) is 0 Å². The number of rotatable bonds is 5. The molecule has 0 aromatic heterocycles. The van der Waals surface area contributed by atoms with Gasteiger partial charge in [-0.3, -0.25) is 14.4 Å². The van der Waals surface area contributed by atoms with Gasteiger partial charge in [-0.15, -0.1) is 0 Å². The lowest BCUT2D eigenvalue weighted by Gasteiger charge is -2.35. The summed E-state index contributed by atoms with van der Waals surface area (Å²) in [4.78, 5) is 39.4. The Morgan fingerprint density at radius 3 is 2.22 bits per heavy atom. The van der Waals surface area contributed by atoms with E-state index >= 15 is 0 Å². The fourth-order valence-corrected chi connectivity index (χ4v) is 2.67. The van der Waals surface area contributed by atoms with E-state index in [4.69, 9.17) is 5.73 Å². The maximum Gasteiger partial charge on any atom is 0.254 e. The van der Waals surface area contributed by atoms with E-state index in [1.54, 1.807) is 0 Å². The number of hydrogen-bond acceptors (Lipinski definition) is 4. The Kier molecular flexibility index (Phi) is 6.84. The number of halogens is 2. The second kappa shape index (κ2) is 8.90. The molecule has 0 aliphatic carbocycles. The van der Waals surface area contributed by atoms with Crippen LogP contribution in [0.2, 0.25) is 0 Å². The van der Waals surface area contributed by atoms with Crippen molar-refractivity contribution in [2.75, 3.05) is 32.7 Å². The molecule has 1 aliphatic rings. The van der Waals surface area contributed by atoms with Gasteiger partial charge in [0.25, 0.3) is 5.91 Å². The third-order valence-electron chi connectivity index (χ3n) is 4.52. The van der Waals surface area contributed by atoms with Crippen LogP contribution in [0.15, 0.2) is 18.2 Å². The summed E-state index contributed by atoms with van der Waals surface area (Å²) in [5, 5.41) is 2.52. The Bertz CT molecular complexity index is 719. The molecule has 1 atom stereocenters. The van der Waals surface area contributed by atoms with E-state index in [0.29, 0.717) is 13.1 Å². The average molecular weight is 382 g/mol. The zero-order valence-electron chi connectivity index (χ0n) is 15.4. The number of hydrogen-bond donors (Lipinski definition) is 2. The van der Waals surface area contributed by atoms with Gasteiger partial charge in [0, 0.05) is 31.7 Å². The van der Waals surface area contributed by atoms with Crippen LogP contribution in [0.5, 0.6) is 0 Å². The summed E-state index contributed by atoms with van der Waals surface area (Å²) in [6.45, 7) is 4.59. The highest BCUT2D eigenvalue weighted by Gasteiger charge is 2.26. The third-order valence-corrected chi connectivity index (χ3v) is 4.52. The van der Waals surface area contributed by atoms with Crippen molar-refractivity contribution in [3.8, 4) is 0 Å². The molecule has 0 saturated carbocycles. The zero-order chi connectivity index (χ0) is 20.1. The van der Waals surface area contributed by atoms with Gasteiger partial charge in [-0.1, -0.05) is 13.8 Å². The summed E-state index contributed by atoms with van der Waals surface area (Å²) in [5.41, 5.74) is 5.78. The molecular formula is C18H24F2N4O3. The fourth-order valence-electron chi connectivity index (χ4n) is 2.67. The van der Waals surface area contributed by atoms with Crippen molar-refractivity contribution in [3.63, 3.8) is 0 Å². The van der Waals surface area contributed by atoms with Crippen LogP contribution >= 0.6 is 0 Å². The monoisotopic (exact) mass is 382 g/mol. The van der Waals surface area contributed by atoms with E-state index in [1.807, 2.05) is 13.8 Å². The lowest BCUT2D eigenvalue weighted by molar-refractivity contribution is -0.134. The SMILES string of the molecule is CC(C)[C@H](N)C(=O)NCC(=O)N1CCN(C(=O)c2ccc(F)c(F)c2)CC1. The Hall–Kier alpha value is -2.55. The van der Waals surface area contributed by atoms with Crippen molar-refractivity contribution in [2.45, 2.75) is 19.9 Å². The minimum atomic E-state index is -1.08. The van der Waals surface area contributed by atoms with E-state index in [0.717, 1.165) is 12.1 Å². The lowest BCUT2D eigenvalue weighted by atomic mass is 10.1. The summed E-state index contributed by atoms with van der Waals surface area (Å²) in [7, 11) is 0. The van der Waals surface area contributed by atoms with E-state index < -0.39 is 23.6 Å². The number of carbonyl (C=O) groups excluding carboxylic acids is 3. The molecule has 0 unspecified atom stereocenters. The number of piperazine rings is 1. The van der Waals surface area contributed by atoms with Crippen molar-refractivity contribution >= 4 is 17.7 Å². The molecule has 1 aromatic carbocycles. The molecule has 1 saturated heterocycles. The number of benzene rings is 1. The van der Waals surface area contributed by atoms with Gasteiger partial charge in [-0.25, -0.2) is 8.78 Å². The lowest BCUT2D eigenvalue weighted by Crippen LogP contribution is -2.53. The summed E-state index contributed by atoms with van der Waals surface area (Å²) in [5.74, 6) is -3.20. The third kappa shape index (κ3) is 5.22. The molecular weight excluding hydrogens is 358 g/mol. The highest BCUT2D eigenvalue weighted by Crippen LogP contribution is 2.13. The summed E-state index contributed by atoms with van der Waals surface area (Å²) in [6, 6.07) is 2.32. The Labute approximate surface area is 156 Å². The maximum atomic E-state index is 13.3. The van der Waals surface area contributed by atoms with Crippen LogP contribution in [0, 0.1) is 17.6 Å². The van der Waals surface area contributed by atoms with Crippen LogP contribution in [-0.4, -0.2) is 66.3 Å². The smallest absolute Gasteiger partial charge is 0.254 e. The first-order valence-corrected chi connectivity index (χ1v) is 8.76. The summed E-state index contributed by atoms with van der Waals surface area (Å²) < 4.78 is 26.3. The normalized spacial score (nSPS) is 15.6. The molecule has 27 heavy (non-hydrogen) atoms. The van der Waals surface area contributed by atoms with Gasteiger partial charge in [-0.2, -0.15) is 0 Å². The molecule has 0 radical (unpaired) electrons. The van der Waals surface area contributed by atoms with Gasteiger partial charge < -0.3 is 20.9 Å². The van der Waals surface area contributed by atoms with Crippen molar-refractivity contribution in [3.05, 3.63) is 35.4 Å². The highest BCUT2D eigenvalue weighted by molar-refractivity contribution is 5.94. The van der Waals surface area contributed by atoms with Crippen LogP contribution in [-0.2, 0) is 9.59 Å². The predicted molar refractivity (Wildman–Crippen MR) is 94.7 cm³/mol. The fraction of sp³-hybridized carbons (Fsp3) is 0.500. The molecule has 1 aromatic rings. The van der Waals surface area contributed by atoms with E-state index in [2.05, 4.69) is 5.32 Å². The van der Waals surface area contributed by atoms with Crippen LogP contribution < -0.4 is 11.1 Å². The van der Waals surface area contributed by atoms with Crippen LogP contribution in [0.1, 0.15) is 24.2 Å². The topological polar surface area (TPSA) is 95.7 Å². The van der Waals surface area contributed by atoms with Gasteiger partial charge in [0.05, 0.1) is 12.6 Å². The second-order valence-electron chi connectivity index (χ2n) is 6.79. The van der Waals surface area contributed by atoms with Crippen molar-refractivity contribution in [1.82, 2.24) is 15.1 Å². The van der Waals surface area contributed by atoms with E-state index in [-0.39, 0.29) is 42.9 Å². The molecule has 1 heterocycles. The Morgan fingerprint density at radius 2 is 1.67 bits per heavy atom. The summed E-state index contributed by atoms with van der Waals surface area (Å²) >= 11 is 0. The van der Waals surface area contributed by atoms with Gasteiger partial charge in [-0.05, 0) is 24.1 Å². The number of nitrogens with one attached hydrogen (secondary N) is 1. The first kappa shape index (κ1) is 20.8. The quantitative estimate of drug-likeness (QED) is 0.768. The second-order valence-corrected chi connectivity index (χ2v) is 6.79. The van der Waals surface area contributed by atoms with E-state index in [1.165, 1.54) is 15.9 Å². The molecule has 9 heteroatoms. The van der Waals surface area contributed by atoms with Gasteiger partial charge >= 0.3 is 0 Å². The largest absolute Gasteiger partial charge is 0.346 e.